The van der Waals surface area contributed by atoms with Crippen LogP contribution in [-0.2, 0) is 24.1 Å². The summed E-state index contributed by atoms with van der Waals surface area (Å²) in [5, 5.41) is 6.98. The van der Waals surface area contributed by atoms with Crippen molar-refractivity contribution in [3.63, 3.8) is 0 Å². The lowest BCUT2D eigenvalue weighted by atomic mass is 10.1. The zero-order chi connectivity index (χ0) is 21.5. The molecule has 31 heavy (non-hydrogen) atoms. The predicted molar refractivity (Wildman–Crippen MR) is 119 cm³/mol. The van der Waals surface area contributed by atoms with Crippen molar-refractivity contribution in [2.75, 3.05) is 12.4 Å². The first-order valence-electron chi connectivity index (χ1n) is 10.1. The van der Waals surface area contributed by atoms with Gasteiger partial charge in [-0.2, -0.15) is 4.98 Å². The molecule has 0 unspecified atom stereocenters. The maximum atomic E-state index is 12.3. The van der Waals surface area contributed by atoms with Crippen LogP contribution in [0.5, 0.6) is 5.75 Å². The monoisotopic (exact) mass is 413 g/mol. The second kappa shape index (κ2) is 9.71. The van der Waals surface area contributed by atoms with Crippen LogP contribution in [0.25, 0.3) is 11.4 Å². The maximum Gasteiger partial charge on any atom is 0.228 e. The van der Waals surface area contributed by atoms with Crippen molar-refractivity contribution in [2.24, 2.45) is 0 Å². The van der Waals surface area contributed by atoms with Gasteiger partial charge in [0.2, 0.25) is 17.6 Å². The highest BCUT2D eigenvalue weighted by atomic mass is 16.5. The van der Waals surface area contributed by atoms with Crippen LogP contribution in [0, 0.1) is 0 Å². The Labute approximate surface area is 180 Å². The number of ether oxygens (including phenoxy) is 1. The minimum atomic E-state index is -0.0827. The maximum absolute atomic E-state index is 12.3. The molecule has 0 fully saturated rings. The molecule has 0 radical (unpaired) electrons. The number of hydrogen-bond donors (Lipinski definition) is 1. The highest BCUT2D eigenvalue weighted by molar-refractivity contribution is 5.92. The smallest absolute Gasteiger partial charge is 0.228 e. The van der Waals surface area contributed by atoms with Gasteiger partial charge < -0.3 is 14.6 Å². The van der Waals surface area contributed by atoms with Crippen molar-refractivity contribution in [1.29, 1.82) is 0 Å². The molecule has 0 saturated carbocycles. The number of nitrogens with zero attached hydrogens (tertiary/aromatic N) is 2. The molecule has 6 heteroatoms. The molecular formula is C25H23N3O3. The third-order valence-electron chi connectivity index (χ3n) is 4.89. The molecule has 1 amide bonds. The molecule has 0 aliphatic carbocycles. The van der Waals surface area contributed by atoms with Gasteiger partial charge in [-0.3, -0.25) is 4.79 Å². The van der Waals surface area contributed by atoms with E-state index in [-0.39, 0.29) is 5.91 Å². The molecule has 0 atom stereocenters. The summed E-state index contributed by atoms with van der Waals surface area (Å²) in [5.41, 5.74) is 3.71. The second-order valence-electron chi connectivity index (χ2n) is 7.15. The van der Waals surface area contributed by atoms with Crippen molar-refractivity contribution in [2.45, 2.75) is 19.3 Å². The van der Waals surface area contributed by atoms with Gasteiger partial charge in [0.05, 0.1) is 13.5 Å². The summed E-state index contributed by atoms with van der Waals surface area (Å²) in [6.07, 6.45) is 1.83. The van der Waals surface area contributed by atoms with E-state index in [4.69, 9.17) is 9.26 Å². The van der Waals surface area contributed by atoms with Gasteiger partial charge >= 0.3 is 0 Å². The summed E-state index contributed by atoms with van der Waals surface area (Å²) >= 11 is 0. The number of hydrogen-bond acceptors (Lipinski definition) is 5. The van der Waals surface area contributed by atoms with Crippen molar-refractivity contribution >= 4 is 11.6 Å². The second-order valence-corrected chi connectivity index (χ2v) is 7.15. The summed E-state index contributed by atoms with van der Waals surface area (Å²) in [7, 11) is 1.62. The summed E-state index contributed by atoms with van der Waals surface area (Å²) in [6, 6.07) is 25.1. The van der Waals surface area contributed by atoms with Crippen molar-refractivity contribution in [3.05, 3.63) is 95.9 Å². The summed E-state index contributed by atoms with van der Waals surface area (Å²) in [4.78, 5) is 16.8. The van der Waals surface area contributed by atoms with E-state index in [2.05, 4.69) is 27.6 Å². The van der Waals surface area contributed by atoms with E-state index < -0.39 is 0 Å². The Morgan fingerprint density at radius 1 is 0.903 bits per heavy atom. The minimum Gasteiger partial charge on any atom is -0.497 e. The van der Waals surface area contributed by atoms with Crippen LogP contribution in [0.1, 0.15) is 17.0 Å². The van der Waals surface area contributed by atoms with E-state index in [1.165, 1.54) is 5.56 Å². The number of nitrogens with one attached hydrogen (secondary N) is 1. The Morgan fingerprint density at radius 3 is 2.35 bits per heavy atom. The summed E-state index contributed by atoms with van der Waals surface area (Å²) in [6.45, 7) is 0. The van der Waals surface area contributed by atoms with Crippen LogP contribution in [0.4, 0.5) is 5.69 Å². The Kier molecular flexibility index (Phi) is 6.38. The number of carbonyl (C=O) groups excluding carboxylic acids is 1. The molecule has 0 bridgehead atoms. The van der Waals surface area contributed by atoms with E-state index in [0.717, 1.165) is 29.0 Å². The van der Waals surface area contributed by atoms with Gasteiger partial charge in [-0.05, 0) is 53.9 Å². The van der Waals surface area contributed by atoms with Crippen LogP contribution in [0.2, 0.25) is 0 Å². The minimum absolute atomic E-state index is 0.0827. The van der Waals surface area contributed by atoms with Gasteiger partial charge in [-0.1, -0.05) is 47.6 Å². The molecule has 1 aromatic heterocycles. The number of carbonyl (C=O) groups is 1. The molecule has 4 rings (SSSR count). The van der Waals surface area contributed by atoms with Gasteiger partial charge in [-0.15, -0.1) is 0 Å². The molecule has 4 aromatic rings. The highest BCUT2D eigenvalue weighted by Gasteiger charge is 2.10. The first-order chi connectivity index (χ1) is 15.2. The predicted octanol–water partition coefficient (Wildman–Crippen LogP) is 4.71. The highest BCUT2D eigenvalue weighted by Crippen LogP contribution is 2.20. The Bertz CT molecular complexity index is 1120. The summed E-state index contributed by atoms with van der Waals surface area (Å²) in [5.74, 6) is 1.83. The number of anilines is 1. The standard InChI is InChI=1S/C25H23N3O3/c1-30-22-14-7-19(8-15-22)17-23(29)26-21-12-10-20(11-13-21)25-27-24(31-28-25)16-9-18-5-3-2-4-6-18/h2-8,10-15H,9,16-17H2,1H3,(H,26,29). The zero-order valence-electron chi connectivity index (χ0n) is 17.2. The zero-order valence-corrected chi connectivity index (χ0v) is 17.2. The molecule has 1 heterocycles. The number of benzene rings is 3. The molecule has 3 aromatic carbocycles. The molecule has 0 saturated heterocycles. The van der Waals surface area contributed by atoms with E-state index in [1.54, 1.807) is 7.11 Å². The molecular weight excluding hydrogens is 390 g/mol. The topological polar surface area (TPSA) is 77.2 Å². The first kappa shape index (κ1) is 20.3. The normalized spacial score (nSPS) is 10.6. The molecule has 0 spiro atoms. The Morgan fingerprint density at radius 2 is 1.65 bits per heavy atom. The SMILES string of the molecule is COc1ccc(CC(=O)Nc2ccc(-c3noc(CCc4ccccc4)n3)cc2)cc1. The van der Waals surface area contributed by atoms with Crippen molar-refractivity contribution < 1.29 is 14.1 Å². The van der Waals surface area contributed by atoms with E-state index >= 15 is 0 Å². The number of aromatic nitrogens is 2. The molecule has 6 nitrogen and oxygen atoms in total. The molecule has 0 aliphatic heterocycles. The van der Waals surface area contributed by atoms with Crippen LogP contribution in [-0.4, -0.2) is 23.2 Å². The molecule has 1 N–H and O–H groups in total. The largest absolute Gasteiger partial charge is 0.497 e. The van der Waals surface area contributed by atoms with Crippen LogP contribution in [0.15, 0.2) is 83.4 Å². The fourth-order valence-corrected chi connectivity index (χ4v) is 3.21. The Balaban J connectivity index is 1.32. The van der Waals surface area contributed by atoms with Gasteiger partial charge in [-0.25, -0.2) is 0 Å². The van der Waals surface area contributed by atoms with Crippen LogP contribution >= 0.6 is 0 Å². The quantitative estimate of drug-likeness (QED) is 0.453. The number of aryl methyl sites for hydroxylation is 2. The van der Waals surface area contributed by atoms with Crippen LogP contribution in [0.3, 0.4) is 0 Å². The van der Waals surface area contributed by atoms with Gasteiger partial charge in [0.15, 0.2) is 0 Å². The van der Waals surface area contributed by atoms with Gasteiger partial charge in [0, 0.05) is 17.7 Å². The van der Waals surface area contributed by atoms with E-state index in [1.807, 2.05) is 66.7 Å². The summed E-state index contributed by atoms with van der Waals surface area (Å²) < 4.78 is 10.5. The third kappa shape index (κ3) is 5.57. The number of methoxy groups -OCH3 is 1. The lowest BCUT2D eigenvalue weighted by Crippen LogP contribution is -2.14. The fourth-order valence-electron chi connectivity index (χ4n) is 3.21. The molecule has 156 valence electrons. The number of rotatable bonds is 8. The van der Waals surface area contributed by atoms with Crippen molar-refractivity contribution in [3.8, 4) is 17.1 Å². The first-order valence-corrected chi connectivity index (χ1v) is 10.1. The average Bonchev–Trinajstić information content (AvgIpc) is 3.28. The van der Waals surface area contributed by atoms with E-state index in [0.29, 0.717) is 24.6 Å². The fraction of sp³-hybridized carbons (Fsp3) is 0.160. The van der Waals surface area contributed by atoms with E-state index in [9.17, 15) is 4.79 Å². The Hall–Kier alpha value is -3.93. The lowest BCUT2D eigenvalue weighted by molar-refractivity contribution is -0.115. The van der Waals surface area contributed by atoms with Gasteiger partial charge in [0.1, 0.15) is 5.75 Å². The van der Waals surface area contributed by atoms with Crippen molar-refractivity contribution in [1.82, 2.24) is 10.1 Å². The van der Waals surface area contributed by atoms with Crippen LogP contribution < -0.4 is 10.1 Å². The average molecular weight is 413 g/mol. The third-order valence-corrected chi connectivity index (χ3v) is 4.89. The number of amides is 1. The van der Waals surface area contributed by atoms with Gasteiger partial charge in [0.25, 0.3) is 0 Å². The lowest BCUT2D eigenvalue weighted by Gasteiger charge is -2.06. The molecule has 0 aliphatic rings.